The van der Waals surface area contributed by atoms with E-state index in [1.54, 1.807) is 0 Å². The molecule has 0 aromatic rings. The van der Waals surface area contributed by atoms with Gasteiger partial charge in [0.15, 0.2) is 0 Å². The van der Waals surface area contributed by atoms with E-state index in [0.29, 0.717) is 31.2 Å². The van der Waals surface area contributed by atoms with E-state index in [-0.39, 0.29) is 0 Å². The maximum Gasteiger partial charge on any atom is 0.102 e. The van der Waals surface area contributed by atoms with Crippen LogP contribution < -0.4 is 5.32 Å². The van der Waals surface area contributed by atoms with Gasteiger partial charge >= 0.3 is 0 Å². The van der Waals surface area contributed by atoms with E-state index in [4.69, 9.17) is 4.74 Å². The van der Waals surface area contributed by atoms with E-state index in [1.165, 1.54) is 32.1 Å². The van der Waals surface area contributed by atoms with E-state index >= 15 is 0 Å². The van der Waals surface area contributed by atoms with Crippen LogP contribution in [0.15, 0.2) is 0 Å². The molecule has 2 rings (SSSR count). The molecule has 0 spiro atoms. The van der Waals surface area contributed by atoms with Crippen LogP contribution in [-0.2, 0) is 4.74 Å². The summed E-state index contributed by atoms with van der Waals surface area (Å²) in [4.78, 5) is 0. The van der Waals surface area contributed by atoms with Crippen molar-refractivity contribution >= 4 is 0 Å². The third-order valence-electron chi connectivity index (χ3n) is 5.00. The molecule has 3 atom stereocenters. The van der Waals surface area contributed by atoms with Crippen LogP contribution >= 0.6 is 0 Å². The van der Waals surface area contributed by atoms with Crippen LogP contribution in [0.5, 0.6) is 0 Å². The minimum absolute atomic E-state index is 0.437. The molecule has 1 aliphatic carbocycles. The Balaban J connectivity index is 1.76. The molecule has 0 bridgehead atoms. The van der Waals surface area contributed by atoms with Crippen molar-refractivity contribution in [2.75, 3.05) is 19.8 Å². The maximum absolute atomic E-state index is 10.3. The number of aliphatic hydroxyl groups is 1. The van der Waals surface area contributed by atoms with Crippen molar-refractivity contribution in [3.63, 3.8) is 0 Å². The molecule has 3 nitrogen and oxygen atoms in total. The van der Waals surface area contributed by atoms with Crippen LogP contribution in [0, 0.1) is 11.3 Å². The molecule has 2 N–H and O–H groups in total. The van der Waals surface area contributed by atoms with Crippen molar-refractivity contribution in [1.82, 2.24) is 5.32 Å². The van der Waals surface area contributed by atoms with Gasteiger partial charge in [0.2, 0.25) is 0 Å². The third-order valence-corrected chi connectivity index (χ3v) is 5.00. The topological polar surface area (TPSA) is 41.5 Å². The van der Waals surface area contributed by atoms with E-state index < -0.39 is 5.60 Å². The molecule has 0 aromatic carbocycles. The first-order valence-electron chi connectivity index (χ1n) is 7.93. The van der Waals surface area contributed by atoms with Crippen LogP contribution in [0.2, 0.25) is 0 Å². The molecule has 3 heteroatoms. The van der Waals surface area contributed by atoms with Crippen molar-refractivity contribution in [3.8, 4) is 0 Å². The SMILES string of the molecule is CC(C)(C)C1CCCC(NCC2(O)CCOC2)CC1. The summed E-state index contributed by atoms with van der Waals surface area (Å²) >= 11 is 0. The minimum Gasteiger partial charge on any atom is -0.386 e. The highest BCUT2D eigenvalue weighted by atomic mass is 16.5. The second kappa shape index (κ2) is 6.11. The van der Waals surface area contributed by atoms with Gasteiger partial charge in [0.25, 0.3) is 0 Å². The fourth-order valence-corrected chi connectivity index (χ4v) is 3.44. The summed E-state index contributed by atoms with van der Waals surface area (Å²) in [7, 11) is 0. The summed E-state index contributed by atoms with van der Waals surface area (Å²) < 4.78 is 5.30. The molecular weight excluding hydrogens is 238 g/mol. The Hall–Kier alpha value is -0.120. The Morgan fingerprint density at radius 2 is 2.00 bits per heavy atom. The number of rotatable bonds is 3. The third kappa shape index (κ3) is 4.44. The average molecular weight is 269 g/mol. The summed E-state index contributed by atoms with van der Waals surface area (Å²) in [5.74, 6) is 0.845. The van der Waals surface area contributed by atoms with Crippen molar-refractivity contribution in [2.45, 2.75) is 70.9 Å². The van der Waals surface area contributed by atoms with Gasteiger partial charge in [-0.1, -0.05) is 27.2 Å². The monoisotopic (exact) mass is 269 g/mol. The minimum atomic E-state index is -0.615. The standard InChI is InChI=1S/C16H31NO2/c1-15(2,3)13-5-4-6-14(8-7-13)17-11-16(18)9-10-19-12-16/h13-14,17-18H,4-12H2,1-3H3. The van der Waals surface area contributed by atoms with Gasteiger partial charge in [-0.15, -0.1) is 0 Å². The lowest BCUT2D eigenvalue weighted by molar-refractivity contribution is 0.0243. The lowest BCUT2D eigenvalue weighted by Crippen LogP contribution is -2.44. The van der Waals surface area contributed by atoms with Crippen LogP contribution in [0.4, 0.5) is 0 Å². The lowest BCUT2D eigenvalue weighted by atomic mass is 9.76. The van der Waals surface area contributed by atoms with Crippen molar-refractivity contribution in [3.05, 3.63) is 0 Å². The normalized spacial score (nSPS) is 37.3. The van der Waals surface area contributed by atoms with Gasteiger partial charge in [0, 0.05) is 25.6 Å². The number of ether oxygens (including phenoxy) is 1. The van der Waals surface area contributed by atoms with Gasteiger partial charge in [0.05, 0.1) is 6.61 Å². The lowest BCUT2D eigenvalue weighted by Gasteiger charge is -2.30. The largest absolute Gasteiger partial charge is 0.386 e. The summed E-state index contributed by atoms with van der Waals surface area (Å²) in [6.07, 6.45) is 7.26. The zero-order valence-corrected chi connectivity index (χ0v) is 12.9. The van der Waals surface area contributed by atoms with Crippen LogP contribution in [0.25, 0.3) is 0 Å². The van der Waals surface area contributed by atoms with Crippen molar-refractivity contribution < 1.29 is 9.84 Å². The predicted octanol–water partition coefficient (Wildman–Crippen LogP) is 2.72. The Morgan fingerprint density at radius 3 is 2.63 bits per heavy atom. The summed E-state index contributed by atoms with van der Waals surface area (Å²) in [6, 6.07) is 0.581. The second-order valence-electron chi connectivity index (χ2n) is 7.68. The maximum atomic E-state index is 10.3. The summed E-state index contributed by atoms with van der Waals surface area (Å²) in [5, 5.41) is 13.9. The predicted molar refractivity (Wildman–Crippen MR) is 78.2 cm³/mol. The number of nitrogens with one attached hydrogen (secondary N) is 1. The molecule has 1 saturated carbocycles. The summed E-state index contributed by atoms with van der Waals surface area (Å²) in [6.45, 7) is 8.99. The zero-order valence-electron chi connectivity index (χ0n) is 12.9. The first kappa shape index (κ1) is 15.3. The molecule has 19 heavy (non-hydrogen) atoms. The number of hydrogen-bond donors (Lipinski definition) is 2. The Morgan fingerprint density at radius 1 is 1.21 bits per heavy atom. The molecule has 0 aromatic heterocycles. The highest BCUT2D eigenvalue weighted by molar-refractivity contribution is 4.88. The first-order chi connectivity index (χ1) is 8.89. The van der Waals surface area contributed by atoms with Crippen LogP contribution in [-0.4, -0.2) is 36.5 Å². The Bertz CT molecular complexity index is 279. The first-order valence-corrected chi connectivity index (χ1v) is 7.93. The molecule has 0 amide bonds. The Kier molecular flexibility index (Phi) is 4.91. The van der Waals surface area contributed by atoms with E-state index in [1.807, 2.05) is 0 Å². The van der Waals surface area contributed by atoms with Crippen LogP contribution in [0.3, 0.4) is 0 Å². The van der Waals surface area contributed by atoms with Crippen LogP contribution in [0.1, 0.15) is 59.3 Å². The molecule has 0 radical (unpaired) electrons. The van der Waals surface area contributed by atoms with Gasteiger partial charge in [-0.05, 0) is 37.0 Å². The van der Waals surface area contributed by atoms with E-state index in [9.17, 15) is 5.11 Å². The summed E-state index contributed by atoms with van der Waals surface area (Å²) in [5.41, 5.74) is -0.178. The Labute approximate surface area is 118 Å². The smallest absolute Gasteiger partial charge is 0.102 e. The van der Waals surface area contributed by atoms with Gasteiger partial charge in [-0.3, -0.25) is 0 Å². The molecular formula is C16H31NO2. The number of hydrogen-bond acceptors (Lipinski definition) is 3. The average Bonchev–Trinajstić information content (AvgIpc) is 2.62. The zero-order chi connectivity index (χ0) is 13.9. The molecule has 2 fully saturated rings. The molecule has 3 unspecified atom stereocenters. The van der Waals surface area contributed by atoms with Crippen molar-refractivity contribution in [1.29, 1.82) is 0 Å². The molecule has 1 aliphatic heterocycles. The van der Waals surface area contributed by atoms with Gasteiger partial charge in [-0.2, -0.15) is 0 Å². The molecule has 2 aliphatic rings. The van der Waals surface area contributed by atoms with E-state index in [2.05, 4.69) is 26.1 Å². The van der Waals surface area contributed by atoms with Crippen molar-refractivity contribution in [2.24, 2.45) is 11.3 Å². The quantitative estimate of drug-likeness (QED) is 0.774. The van der Waals surface area contributed by atoms with E-state index in [0.717, 1.165) is 12.3 Å². The highest BCUT2D eigenvalue weighted by Gasteiger charge is 2.33. The van der Waals surface area contributed by atoms with Gasteiger partial charge in [0.1, 0.15) is 5.60 Å². The second-order valence-corrected chi connectivity index (χ2v) is 7.68. The van der Waals surface area contributed by atoms with Gasteiger partial charge in [-0.25, -0.2) is 0 Å². The van der Waals surface area contributed by atoms with Gasteiger partial charge < -0.3 is 15.2 Å². The molecule has 112 valence electrons. The molecule has 1 heterocycles. The fourth-order valence-electron chi connectivity index (χ4n) is 3.44. The highest BCUT2D eigenvalue weighted by Crippen LogP contribution is 2.36. The fraction of sp³-hybridized carbons (Fsp3) is 1.00. The molecule has 1 saturated heterocycles.